The molecular formula is C28H28F3N5O2. The Hall–Kier alpha value is -3.92. The van der Waals surface area contributed by atoms with Crippen LogP contribution < -0.4 is 10.1 Å². The summed E-state index contributed by atoms with van der Waals surface area (Å²) < 4.78 is 48.8. The molecule has 1 amide bonds. The fourth-order valence-electron chi connectivity index (χ4n) is 4.73. The number of anilines is 1. The molecule has 1 N–H and O–H groups in total. The van der Waals surface area contributed by atoms with Gasteiger partial charge in [-0.1, -0.05) is 12.1 Å². The molecule has 10 heteroatoms. The summed E-state index contributed by atoms with van der Waals surface area (Å²) in [5.41, 5.74) is 2.59. The van der Waals surface area contributed by atoms with E-state index in [1.54, 1.807) is 18.2 Å². The normalized spacial score (nSPS) is 14.2. The highest BCUT2D eigenvalue weighted by Crippen LogP contribution is 2.38. The monoisotopic (exact) mass is 523 g/mol. The van der Waals surface area contributed by atoms with Crippen LogP contribution in [-0.2, 0) is 6.18 Å². The number of carbonyl (C=O) groups is 1. The molecule has 0 radical (unpaired) electrons. The zero-order valence-corrected chi connectivity index (χ0v) is 21.2. The molecular weight excluding hydrogens is 495 g/mol. The third-order valence-electron chi connectivity index (χ3n) is 6.77. The van der Waals surface area contributed by atoms with Gasteiger partial charge in [-0.3, -0.25) is 14.1 Å². The Morgan fingerprint density at radius 1 is 1.03 bits per heavy atom. The molecule has 1 aliphatic heterocycles. The van der Waals surface area contributed by atoms with Gasteiger partial charge in [0.25, 0.3) is 5.91 Å². The molecule has 38 heavy (non-hydrogen) atoms. The van der Waals surface area contributed by atoms with Crippen molar-refractivity contribution >= 4 is 17.2 Å². The molecule has 0 aliphatic carbocycles. The van der Waals surface area contributed by atoms with E-state index in [2.05, 4.69) is 20.4 Å². The molecule has 0 spiro atoms. The fourth-order valence-corrected chi connectivity index (χ4v) is 4.73. The van der Waals surface area contributed by atoms with E-state index in [0.29, 0.717) is 23.6 Å². The molecule has 5 rings (SSSR count). The standard InChI is InChI=1S/C28H28F3N5O2/c1-18-8-9-20(16-22(18)26-34-33-25-7-5-6-19(2)36(25)26)27(37)32-21-10-11-24(23(17-21)28(29,30)31)38-15-14-35-12-3-4-13-35/h5-11,16-17H,3-4,12-15H2,1-2H3,(H,32,37). The van der Waals surface area contributed by atoms with Crippen molar-refractivity contribution in [3.05, 3.63) is 77.0 Å². The van der Waals surface area contributed by atoms with Gasteiger partial charge in [-0.05, 0) is 87.8 Å². The number of carbonyl (C=O) groups excluding carboxylic acids is 1. The second-order valence-corrected chi connectivity index (χ2v) is 9.47. The quantitative estimate of drug-likeness (QED) is 0.334. The molecule has 2 aromatic carbocycles. The number of benzene rings is 2. The molecule has 0 bridgehead atoms. The highest BCUT2D eigenvalue weighted by molar-refractivity contribution is 6.05. The van der Waals surface area contributed by atoms with E-state index >= 15 is 0 Å². The lowest BCUT2D eigenvalue weighted by Crippen LogP contribution is -2.25. The van der Waals surface area contributed by atoms with Gasteiger partial charge in [-0.15, -0.1) is 10.2 Å². The molecule has 0 saturated carbocycles. The number of amides is 1. The topological polar surface area (TPSA) is 71.8 Å². The third kappa shape index (κ3) is 5.35. The zero-order valence-electron chi connectivity index (χ0n) is 21.2. The van der Waals surface area contributed by atoms with Gasteiger partial charge in [0.15, 0.2) is 11.5 Å². The van der Waals surface area contributed by atoms with E-state index in [1.165, 1.54) is 12.1 Å². The molecule has 0 atom stereocenters. The number of hydrogen-bond donors (Lipinski definition) is 1. The Bertz CT molecular complexity index is 1480. The van der Waals surface area contributed by atoms with Crippen LogP contribution in [0.3, 0.4) is 0 Å². The van der Waals surface area contributed by atoms with Gasteiger partial charge >= 0.3 is 6.18 Å². The maximum absolute atomic E-state index is 13.8. The summed E-state index contributed by atoms with van der Waals surface area (Å²) in [5, 5.41) is 11.1. The van der Waals surface area contributed by atoms with E-state index in [9.17, 15) is 18.0 Å². The Balaban J connectivity index is 1.37. The number of rotatable bonds is 7. The Morgan fingerprint density at radius 3 is 2.58 bits per heavy atom. The minimum atomic E-state index is -4.63. The van der Waals surface area contributed by atoms with Gasteiger partial charge in [0.05, 0.1) is 5.56 Å². The van der Waals surface area contributed by atoms with Gasteiger partial charge in [0, 0.05) is 29.1 Å². The number of fused-ring (bicyclic) bond motifs is 1. The van der Waals surface area contributed by atoms with Crippen LogP contribution in [0.25, 0.3) is 17.0 Å². The number of halogens is 3. The minimum absolute atomic E-state index is 0.0279. The summed E-state index contributed by atoms with van der Waals surface area (Å²) in [7, 11) is 0. The second kappa shape index (κ2) is 10.4. The van der Waals surface area contributed by atoms with Crippen molar-refractivity contribution in [2.24, 2.45) is 0 Å². The van der Waals surface area contributed by atoms with Gasteiger partial charge in [-0.25, -0.2) is 0 Å². The predicted molar refractivity (Wildman–Crippen MR) is 138 cm³/mol. The predicted octanol–water partition coefficient (Wildman–Crippen LogP) is 5.76. The molecule has 4 aromatic rings. The number of aromatic nitrogens is 3. The summed E-state index contributed by atoms with van der Waals surface area (Å²) in [5.74, 6) is -0.200. The first-order valence-electron chi connectivity index (χ1n) is 12.5. The maximum Gasteiger partial charge on any atom is 0.420 e. The zero-order chi connectivity index (χ0) is 26.9. The van der Waals surface area contributed by atoms with Crippen LogP contribution in [0.15, 0.2) is 54.6 Å². The van der Waals surface area contributed by atoms with E-state index in [1.807, 2.05) is 36.4 Å². The van der Waals surface area contributed by atoms with Crippen LogP contribution in [0.1, 0.15) is 40.0 Å². The van der Waals surface area contributed by atoms with Crippen LogP contribution in [0, 0.1) is 13.8 Å². The molecule has 0 unspecified atom stereocenters. The van der Waals surface area contributed by atoms with Crippen LogP contribution in [-0.4, -0.2) is 51.6 Å². The lowest BCUT2D eigenvalue weighted by Gasteiger charge is -2.18. The van der Waals surface area contributed by atoms with Crippen LogP contribution in [0.2, 0.25) is 0 Å². The number of pyridine rings is 1. The maximum atomic E-state index is 13.8. The SMILES string of the molecule is Cc1ccc(C(=O)Nc2ccc(OCCN3CCCC3)c(C(F)(F)F)c2)cc1-c1nnc2cccc(C)n12. The average Bonchev–Trinajstić information content (AvgIpc) is 3.55. The van der Waals surface area contributed by atoms with E-state index in [4.69, 9.17) is 4.74 Å². The van der Waals surface area contributed by atoms with Crippen molar-refractivity contribution in [2.75, 3.05) is 31.6 Å². The average molecular weight is 524 g/mol. The lowest BCUT2D eigenvalue weighted by molar-refractivity contribution is -0.138. The molecule has 2 aromatic heterocycles. The number of aryl methyl sites for hydroxylation is 2. The summed E-state index contributed by atoms with van der Waals surface area (Å²) in [6.07, 6.45) is -2.44. The number of likely N-dealkylation sites (tertiary alicyclic amines) is 1. The molecule has 1 fully saturated rings. The molecule has 7 nitrogen and oxygen atoms in total. The van der Waals surface area contributed by atoms with Crippen molar-refractivity contribution < 1.29 is 22.7 Å². The van der Waals surface area contributed by atoms with Crippen molar-refractivity contribution in [1.82, 2.24) is 19.5 Å². The van der Waals surface area contributed by atoms with Gasteiger partial charge in [0.2, 0.25) is 0 Å². The molecule has 3 heterocycles. The first kappa shape index (κ1) is 25.7. The first-order chi connectivity index (χ1) is 18.2. The number of nitrogens with one attached hydrogen (secondary N) is 1. The van der Waals surface area contributed by atoms with E-state index in [-0.39, 0.29) is 23.6 Å². The Labute approximate surface area is 218 Å². The van der Waals surface area contributed by atoms with Crippen LogP contribution in [0.4, 0.5) is 18.9 Å². The number of ether oxygens (including phenoxy) is 1. The fraction of sp³-hybridized carbons (Fsp3) is 0.321. The summed E-state index contributed by atoms with van der Waals surface area (Å²) in [6, 6.07) is 14.3. The first-order valence-corrected chi connectivity index (χ1v) is 12.5. The summed E-state index contributed by atoms with van der Waals surface area (Å²) in [6.45, 7) is 6.45. The second-order valence-electron chi connectivity index (χ2n) is 9.47. The summed E-state index contributed by atoms with van der Waals surface area (Å²) >= 11 is 0. The highest BCUT2D eigenvalue weighted by atomic mass is 19.4. The van der Waals surface area contributed by atoms with Gasteiger partial charge < -0.3 is 10.1 Å². The summed E-state index contributed by atoms with van der Waals surface area (Å²) in [4.78, 5) is 15.2. The smallest absolute Gasteiger partial charge is 0.420 e. The van der Waals surface area contributed by atoms with Crippen molar-refractivity contribution in [2.45, 2.75) is 32.9 Å². The Morgan fingerprint density at radius 2 is 1.82 bits per heavy atom. The van der Waals surface area contributed by atoms with Gasteiger partial charge in [0.1, 0.15) is 12.4 Å². The van der Waals surface area contributed by atoms with E-state index < -0.39 is 17.6 Å². The van der Waals surface area contributed by atoms with Gasteiger partial charge in [-0.2, -0.15) is 13.2 Å². The number of alkyl halides is 3. The largest absolute Gasteiger partial charge is 0.492 e. The number of hydrogen-bond acceptors (Lipinski definition) is 5. The number of nitrogens with zero attached hydrogens (tertiary/aromatic N) is 4. The van der Waals surface area contributed by atoms with Crippen molar-refractivity contribution in [1.29, 1.82) is 0 Å². The Kier molecular flexibility index (Phi) is 7.07. The van der Waals surface area contributed by atoms with Crippen molar-refractivity contribution in [3.63, 3.8) is 0 Å². The van der Waals surface area contributed by atoms with Crippen LogP contribution in [0.5, 0.6) is 5.75 Å². The van der Waals surface area contributed by atoms with Crippen molar-refractivity contribution in [3.8, 4) is 17.1 Å². The highest BCUT2D eigenvalue weighted by Gasteiger charge is 2.35. The lowest BCUT2D eigenvalue weighted by atomic mass is 10.0. The van der Waals surface area contributed by atoms with Crippen LogP contribution >= 0.6 is 0 Å². The molecule has 198 valence electrons. The minimum Gasteiger partial charge on any atom is -0.492 e. The molecule has 1 saturated heterocycles. The molecule has 1 aliphatic rings. The van der Waals surface area contributed by atoms with E-state index in [0.717, 1.165) is 43.3 Å². The third-order valence-corrected chi connectivity index (χ3v) is 6.77.